The van der Waals surface area contributed by atoms with Crippen molar-refractivity contribution in [2.24, 2.45) is 0 Å². The van der Waals surface area contributed by atoms with Gasteiger partial charge in [-0.1, -0.05) is 43.6 Å². The summed E-state index contributed by atoms with van der Waals surface area (Å²) in [5, 5.41) is 11.0. The van der Waals surface area contributed by atoms with Crippen LogP contribution in [-0.2, 0) is 6.54 Å². The predicted octanol–water partition coefficient (Wildman–Crippen LogP) is 3.87. The van der Waals surface area contributed by atoms with Gasteiger partial charge in [-0.2, -0.15) is 0 Å². The molecule has 0 aliphatic rings. The van der Waals surface area contributed by atoms with E-state index in [1.54, 1.807) is 0 Å². The highest BCUT2D eigenvalue weighted by Crippen LogP contribution is 2.23. The van der Waals surface area contributed by atoms with Crippen LogP contribution in [0.5, 0.6) is 0 Å². The van der Waals surface area contributed by atoms with Crippen LogP contribution in [-0.4, -0.2) is 34.2 Å². The number of rotatable bonds is 7. The standard InChI is InChI=1S/C17H23ClN2O/c1-3-15(4-2)20(9-10-21)12-14-11-13-7-5-6-8-16(13)19-17(14)18/h5-8,11,15,21H,3-4,9-10,12H2,1-2H3. The van der Waals surface area contributed by atoms with Gasteiger partial charge in [-0.3, -0.25) is 4.90 Å². The molecule has 0 aliphatic carbocycles. The Morgan fingerprint density at radius 1 is 1.24 bits per heavy atom. The van der Waals surface area contributed by atoms with Crippen molar-refractivity contribution in [2.45, 2.75) is 39.3 Å². The second-order valence-corrected chi connectivity index (χ2v) is 5.65. The number of fused-ring (bicyclic) bond motifs is 1. The Morgan fingerprint density at radius 2 is 1.95 bits per heavy atom. The van der Waals surface area contributed by atoms with Crippen LogP contribution < -0.4 is 0 Å². The first kappa shape index (κ1) is 16.2. The molecular formula is C17H23ClN2O. The van der Waals surface area contributed by atoms with E-state index in [4.69, 9.17) is 11.6 Å². The molecule has 0 fully saturated rings. The largest absolute Gasteiger partial charge is 0.395 e. The van der Waals surface area contributed by atoms with Gasteiger partial charge < -0.3 is 5.11 Å². The van der Waals surface area contributed by atoms with E-state index in [2.05, 4.69) is 35.9 Å². The molecule has 1 N–H and O–H groups in total. The minimum absolute atomic E-state index is 0.162. The van der Waals surface area contributed by atoms with Crippen molar-refractivity contribution in [1.82, 2.24) is 9.88 Å². The molecule has 1 aromatic heterocycles. The van der Waals surface area contributed by atoms with Gasteiger partial charge in [0.1, 0.15) is 5.15 Å². The lowest BCUT2D eigenvalue weighted by atomic mass is 10.1. The molecule has 4 heteroatoms. The molecule has 1 aromatic carbocycles. The quantitative estimate of drug-likeness (QED) is 0.789. The summed E-state index contributed by atoms with van der Waals surface area (Å²) in [6.07, 6.45) is 2.13. The van der Waals surface area contributed by atoms with Gasteiger partial charge in [-0.15, -0.1) is 0 Å². The maximum Gasteiger partial charge on any atom is 0.134 e. The molecular weight excluding hydrogens is 284 g/mol. The van der Waals surface area contributed by atoms with Gasteiger partial charge in [-0.25, -0.2) is 4.98 Å². The summed E-state index contributed by atoms with van der Waals surface area (Å²) in [6.45, 7) is 5.91. The maximum atomic E-state index is 9.31. The number of aromatic nitrogens is 1. The van der Waals surface area contributed by atoms with Gasteiger partial charge in [0.05, 0.1) is 12.1 Å². The van der Waals surface area contributed by atoms with E-state index >= 15 is 0 Å². The topological polar surface area (TPSA) is 36.4 Å². The molecule has 0 amide bonds. The molecule has 0 saturated carbocycles. The summed E-state index contributed by atoms with van der Waals surface area (Å²) in [4.78, 5) is 6.77. The molecule has 2 aromatic rings. The molecule has 0 atom stereocenters. The predicted molar refractivity (Wildman–Crippen MR) is 88.6 cm³/mol. The lowest BCUT2D eigenvalue weighted by Gasteiger charge is -2.30. The molecule has 1 heterocycles. The zero-order valence-corrected chi connectivity index (χ0v) is 13.5. The first-order valence-corrected chi connectivity index (χ1v) is 7.96. The fourth-order valence-electron chi connectivity index (χ4n) is 2.79. The third-order valence-corrected chi connectivity index (χ3v) is 4.30. The molecule has 0 saturated heterocycles. The maximum absolute atomic E-state index is 9.31. The van der Waals surface area contributed by atoms with Gasteiger partial charge in [0.2, 0.25) is 0 Å². The van der Waals surface area contributed by atoms with Crippen LogP contribution in [0.4, 0.5) is 0 Å². The van der Waals surface area contributed by atoms with E-state index < -0.39 is 0 Å². The van der Waals surface area contributed by atoms with E-state index in [0.717, 1.165) is 35.9 Å². The van der Waals surface area contributed by atoms with E-state index in [9.17, 15) is 5.11 Å². The van der Waals surface area contributed by atoms with Crippen molar-refractivity contribution in [3.63, 3.8) is 0 Å². The average Bonchev–Trinajstić information content (AvgIpc) is 2.49. The van der Waals surface area contributed by atoms with Crippen LogP contribution >= 0.6 is 11.6 Å². The zero-order chi connectivity index (χ0) is 15.2. The van der Waals surface area contributed by atoms with E-state index in [0.29, 0.717) is 17.7 Å². The van der Waals surface area contributed by atoms with Crippen molar-refractivity contribution in [3.05, 3.63) is 41.0 Å². The Kier molecular flexibility index (Phi) is 5.97. The smallest absolute Gasteiger partial charge is 0.134 e. The number of hydrogen-bond acceptors (Lipinski definition) is 3. The molecule has 0 spiro atoms. The van der Waals surface area contributed by atoms with E-state index in [1.807, 2.05) is 18.2 Å². The number of pyridine rings is 1. The van der Waals surface area contributed by atoms with Crippen LogP contribution in [0.1, 0.15) is 32.3 Å². The normalized spacial score (nSPS) is 11.7. The molecule has 0 unspecified atom stereocenters. The molecule has 2 rings (SSSR count). The summed E-state index contributed by atoms with van der Waals surface area (Å²) >= 11 is 6.34. The van der Waals surface area contributed by atoms with Crippen LogP contribution in [0, 0.1) is 0 Å². The minimum atomic E-state index is 0.162. The minimum Gasteiger partial charge on any atom is -0.395 e. The molecule has 114 valence electrons. The van der Waals surface area contributed by atoms with Crippen LogP contribution in [0.2, 0.25) is 5.15 Å². The molecule has 0 radical (unpaired) electrons. The van der Waals surface area contributed by atoms with Crippen molar-refractivity contribution >= 4 is 22.5 Å². The van der Waals surface area contributed by atoms with Crippen LogP contribution in [0.15, 0.2) is 30.3 Å². The number of hydrogen-bond donors (Lipinski definition) is 1. The summed E-state index contributed by atoms with van der Waals surface area (Å²) in [6, 6.07) is 10.6. The fourth-order valence-corrected chi connectivity index (χ4v) is 3.00. The summed E-state index contributed by atoms with van der Waals surface area (Å²) in [5.41, 5.74) is 1.94. The number of aliphatic hydroxyl groups excluding tert-OH is 1. The average molecular weight is 307 g/mol. The second-order valence-electron chi connectivity index (χ2n) is 5.30. The fraction of sp³-hybridized carbons (Fsp3) is 0.471. The lowest BCUT2D eigenvalue weighted by Crippen LogP contribution is -2.36. The van der Waals surface area contributed by atoms with Gasteiger partial charge in [-0.05, 0) is 25.0 Å². The van der Waals surface area contributed by atoms with Crippen molar-refractivity contribution < 1.29 is 5.11 Å². The summed E-state index contributed by atoms with van der Waals surface area (Å²) < 4.78 is 0. The zero-order valence-electron chi connectivity index (χ0n) is 12.7. The van der Waals surface area contributed by atoms with Crippen molar-refractivity contribution in [2.75, 3.05) is 13.2 Å². The number of benzene rings is 1. The third-order valence-electron chi connectivity index (χ3n) is 3.97. The Hall–Kier alpha value is -1.16. The van der Waals surface area contributed by atoms with Crippen LogP contribution in [0.25, 0.3) is 10.9 Å². The number of aliphatic hydroxyl groups is 1. The Labute approximate surface area is 131 Å². The Morgan fingerprint density at radius 3 is 2.62 bits per heavy atom. The molecule has 21 heavy (non-hydrogen) atoms. The number of para-hydroxylation sites is 1. The van der Waals surface area contributed by atoms with Gasteiger partial charge in [0.15, 0.2) is 0 Å². The summed E-state index contributed by atoms with van der Waals surface area (Å²) in [5.74, 6) is 0. The van der Waals surface area contributed by atoms with Gasteiger partial charge in [0.25, 0.3) is 0 Å². The highest BCUT2D eigenvalue weighted by atomic mass is 35.5. The Balaban J connectivity index is 2.29. The molecule has 0 bridgehead atoms. The molecule has 3 nitrogen and oxygen atoms in total. The molecule has 0 aliphatic heterocycles. The SMILES string of the molecule is CCC(CC)N(CCO)Cc1cc2ccccc2nc1Cl. The number of halogens is 1. The van der Waals surface area contributed by atoms with Gasteiger partial charge in [0, 0.05) is 30.1 Å². The van der Waals surface area contributed by atoms with Gasteiger partial charge >= 0.3 is 0 Å². The number of nitrogens with zero attached hydrogens (tertiary/aromatic N) is 2. The highest BCUT2D eigenvalue weighted by Gasteiger charge is 2.17. The van der Waals surface area contributed by atoms with E-state index in [-0.39, 0.29) is 6.61 Å². The van der Waals surface area contributed by atoms with Crippen molar-refractivity contribution in [1.29, 1.82) is 0 Å². The third kappa shape index (κ3) is 3.94. The van der Waals surface area contributed by atoms with Crippen LogP contribution in [0.3, 0.4) is 0 Å². The summed E-state index contributed by atoms with van der Waals surface area (Å²) in [7, 11) is 0. The first-order valence-electron chi connectivity index (χ1n) is 7.58. The second kappa shape index (κ2) is 7.74. The monoisotopic (exact) mass is 306 g/mol. The van der Waals surface area contributed by atoms with Crippen molar-refractivity contribution in [3.8, 4) is 0 Å². The Bertz CT molecular complexity index is 584. The first-order chi connectivity index (χ1) is 10.2. The van der Waals surface area contributed by atoms with E-state index in [1.165, 1.54) is 0 Å². The highest BCUT2D eigenvalue weighted by molar-refractivity contribution is 6.30. The lowest BCUT2D eigenvalue weighted by molar-refractivity contribution is 0.136.